The molecule has 0 aliphatic heterocycles. The van der Waals surface area contributed by atoms with Crippen LogP contribution in [0, 0.1) is 0 Å². The van der Waals surface area contributed by atoms with Crippen molar-refractivity contribution in [3.05, 3.63) is 78.3 Å². The minimum Gasteiger partial charge on any atom is -0.496 e. The maximum Gasteiger partial charge on any atom is 0.286 e. The molecule has 0 amide bonds. The normalized spacial score (nSPS) is 12.4. The van der Waals surface area contributed by atoms with Gasteiger partial charge in [-0.2, -0.15) is 8.78 Å². The highest BCUT2D eigenvalue weighted by atomic mass is 19.3. The Morgan fingerprint density at radius 2 is 1.92 bits per heavy atom. The second-order valence-electron chi connectivity index (χ2n) is 8.03. The van der Waals surface area contributed by atoms with Crippen LogP contribution in [0.2, 0.25) is 0 Å². The summed E-state index contributed by atoms with van der Waals surface area (Å²) < 4.78 is 38.7. The smallest absolute Gasteiger partial charge is 0.286 e. The number of nitrogens with one attached hydrogen (secondary N) is 2. The molecule has 0 bridgehead atoms. The molecule has 0 fully saturated rings. The van der Waals surface area contributed by atoms with Crippen molar-refractivity contribution in [3.8, 4) is 11.5 Å². The summed E-state index contributed by atoms with van der Waals surface area (Å²) in [6.45, 7) is 14.4. The van der Waals surface area contributed by atoms with Gasteiger partial charge in [0.25, 0.3) is 5.92 Å². The topological polar surface area (TPSA) is 67.2 Å². The van der Waals surface area contributed by atoms with E-state index in [0.717, 1.165) is 30.3 Å². The van der Waals surface area contributed by atoms with Gasteiger partial charge in [-0.3, -0.25) is 9.98 Å². The second-order valence-corrected chi connectivity index (χ2v) is 8.03. The van der Waals surface area contributed by atoms with Crippen molar-refractivity contribution in [3.63, 3.8) is 0 Å². The number of nitrogens with zero attached hydrogens (tertiary/aromatic N) is 2. The number of methoxy groups -OCH3 is 1. The van der Waals surface area contributed by atoms with Gasteiger partial charge in [0.15, 0.2) is 0 Å². The molecular weight excluding hydrogens is 462 g/mol. The number of hydrogen-bond donors (Lipinski definition) is 2. The van der Waals surface area contributed by atoms with Crippen LogP contribution >= 0.6 is 0 Å². The van der Waals surface area contributed by atoms with E-state index in [1.165, 1.54) is 13.1 Å². The van der Waals surface area contributed by atoms with Crippen LogP contribution in [0.4, 0.5) is 20.2 Å². The lowest BCUT2D eigenvalue weighted by Crippen LogP contribution is -2.25. The molecule has 0 unspecified atom stereocenters. The number of ether oxygens (including phenoxy) is 2. The fourth-order valence-electron chi connectivity index (χ4n) is 3.45. The first kappa shape index (κ1) is 28.3. The van der Waals surface area contributed by atoms with Gasteiger partial charge in [0.1, 0.15) is 23.0 Å². The summed E-state index contributed by atoms with van der Waals surface area (Å²) in [7, 11) is 2.95. The molecule has 36 heavy (non-hydrogen) atoms. The van der Waals surface area contributed by atoms with Crippen molar-refractivity contribution in [1.29, 1.82) is 0 Å². The van der Waals surface area contributed by atoms with Crippen LogP contribution in [-0.4, -0.2) is 32.0 Å². The van der Waals surface area contributed by atoms with Crippen molar-refractivity contribution < 1.29 is 18.3 Å². The summed E-state index contributed by atoms with van der Waals surface area (Å²) in [5.41, 5.74) is 3.31. The Morgan fingerprint density at radius 1 is 1.19 bits per heavy atom. The molecule has 0 spiro atoms. The van der Waals surface area contributed by atoms with Gasteiger partial charge in [-0.25, -0.2) is 0 Å². The van der Waals surface area contributed by atoms with Gasteiger partial charge in [0.2, 0.25) is 0 Å². The van der Waals surface area contributed by atoms with E-state index in [-0.39, 0.29) is 5.71 Å². The molecule has 2 N–H and O–H groups in total. The summed E-state index contributed by atoms with van der Waals surface area (Å²) in [6, 6.07) is 11.1. The fourth-order valence-corrected chi connectivity index (χ4v) is 3.45. The Morgan fingerprint density at radius 3 is 2.50 bits per heavy atom. The Hall–Kier alpha value is -3.94. The minimum absolute atomic E-state index is 0.329. The summed E-state index contributed by atoms with van der Waals surface area (Å²) in [6.07, 6.45) is 3.80. The SMILES string of the molecule is C=C(N/C(C)=C/C(=N\C)C(C)(F)F)Nc1cccc(OC(=C)c2cc(OC)c(CC)cc2/N=C\C)c1. The van der Waals surface area contributed by atoms with Gasteiger partial charge in [-0.15, -0.1) is 0 Å². The zero-order chi connectivity index (χ0) is 26.9. The molecule has 192 valence electrons. The zero-order valence-corrected chi connectivity index (χ0v) is 21.7. The molecule has 0 saturated carbocycles. The number of halogens is 2. The third kappa shape index (κ3) is 7.80. The number of alkyl halides is 2. The first-order valence-electron chi connectivity index (χ1n) is 11.4. The summed E-state index contributed by atoms with van der Waals surface area (Å²) >= 11 is 0. The number of aryl methyl sites for hydroxylation is 1. The lowest BCUT2D eigenvalue weighted by atomic mass is 10.0. The van der Waals surface area contributed by atoms with Gasteiger partial charge in [-0.05, 0) is 56.2 Å². The molecule has 0 aliphatic rings. The van der Waals surface area contributed by atoms with Crippen molar-refractivity contribution in [2.75, 3.05) is 19.5 Å². The maximum absolute atomic E-state index is 13.6. The number of allylic oxidation sites excluding steroid dienone is 2. The highest BCUT2D eigenvalue weighted by Gasteiger charge is 2.27. The third-order valence-corrected chi connectivity index (χ3v) is 5.11. The molecule has 0 atom stereocenters. The van der Waals surface area contributed by atoms with E-state index >= 15 is 0 Å². The summed E-state index contributed by atoms with van der Waals surface area (Å²) in [5, 5.41) is 6.04. The maximum atomic E-state index is 13.6. The van der Waals surface area contributed by atoms with E-state index in [4.69, 9.17) is 9.47 Å². The second kappa shape index (κ2) is 12.7. The van der Waals surface area contributed by atoms with Crippen LogP contribution in [0.15, 0.2) is 77.1 Å². The predicted molar refractivity (Wildman–Crippen MR) is 146 cm³/mol. The lowest BCUT2D eigenvalue weighted by molar-refractivity contribution is 0.101. The quantitative estimate of drug-likeness (QED) is 0.242. The summed E-state index contributed by atoms with van der Waals surface area (Å²) in [5.74, 6) is -0.944. The fraction of sp³-hybridized carbons (Fsp3) is 0.286. The molecule has 0 saturated heterocycles. The van der Waals surface area contributed by atoms with Crippen LogP contribution in [0.1, 0.15) is 38.8 Å². The number of aliphatic imine (C=N–C) groups is 2. The van der Waals surface area contributed by atoms with Gasteiger partial charge in [-0.1, -0.05) is 26.1 Å². The number of anilines is 1. The lowest BCUT2D eigenvalue weighted by Gasteiger charge is -2.17. The Labute approximate surface area is 212 Å². The van der Waals surface area contributed by atoms with E-state index in [2.05, 4.69) is 40.7 Å². The Kier molecular flexibility index (Phi) is 9.96. The number of hydrogen-bond acceptors (Lipinski definition) is 6. The van der Waals surface area contributed by atoms with E-state index in [1.54, 1.807) is 32.4 Å². The van der Waals surface area contributed by atoms with Crippen LogP contribution < -0.4 is 20.1 Å². The Bertz CT molecular complexity index is 1190. The van der Waals surface area contributed by atoms with Crippen molar-refractivity contribution >= 4 is 29.1 Å². The first-order chi connectivity index (χ1) is 17.0. The molecule has 2 aromatic rings. The van der Waals surface area contributed by atoms with Gasteiger partial charge in [0.05, 0.1) is 18.6 Å². The molecule has 2 rings (SSSR count). The monoisotopic (exact) mass is 496 g/mol. The molecule has 6 nitrogen and oxygen atoms in total. The molecule has 0 aliphatic carbocycles. The first-order valence-corrected chi connectivity index (χ1v) is 11.4. The standard InChI is InChI=1S/C28H34F2N4O2/c1-9-21-15-25(32-10-2)24(17-26(21)35-8)19(4)36-23-13-11-12-22(16-23)34-20(5)33-18(3)14-27(31-7)28(6,29)30/h10-17,33-34H,4-5,9H2,1-3,6-8H3/b18-14+,31-27+,32-10-. The van der Waals surface area contributed by atoms with Crippen molar-refractivity contribution in [2.45, 2.75) is 40.0 Å². The van der Waals surface area contributed by atoms with Gasteiger partial charge >= 0.3 is 0 Å². The molecule has 0 radical (unpaired) electrons. The molecule has 8 heteroatoms. The van der Waals surface area contributed by atoms with Gasteiger partial charge in [0, 0.05) is 43.2 Å². The van der Waals surface area contributed by atoms with Crippen molar-refractivity contribution in [2.24, 2.45) is 9.98 Å². The summed E-state index contributed by atoms with van der Waals surface area (Å²) in [4.78, 5) is 8.12. The minimum atomic E-state index is -3.04. The van der Waals surface area contributed by atoms with Crippen LogP contribution in [0.25, 0.3) is 5.76 Å². The van der Waals surface area contributed by atoms with Crippen LogP contribution in [0.3, 0.4) is 0 Å². The van der Waals surface area contributed by atoms with Crippen LogP contribution in [-0.2, 0) is 6.42 Å². The van der Waals surface area contributed by atoms with E-state index in [9.17, 15) is 8.78 Å². The molecule has 0 aromatic heterocycles. The zero-order valence-electron chi connectivity index (χ0n) is 21.7. The molecule has 2 aromatic carbocycles. The highest BCUT2D eigenvalue weighted by Crippen LogP contribution is 2.35. The van der Waals surface area contributed by atoms with Crippen LogP contribution in [0.5, 0.6) is 11.5 Å². The van der Waals surface area contributed by atoms with Gasteiger partial charge < -0.3 is 20.1 Å². The molecule has 0 heterocycles. The number of rotatable bonds is 12. The third-order valence-electron chi connectivity index (χ3n) is 5.11. The van der Waals surface area contributed by atoms with E-state index < -0.39 is 5.92 Å². The highest BCUT2D eigenvalue weighted by molar-refractivity contribution is 6.00. The largest absolute Gasteiger partial charge is 0.496 e. The van der Waals surface area contributed by atoms with E-state index in [0.29, 0.717) is 34.3 Å². The number of benzene rings is 2. The predicted octanol–water partition coefficient (Wildman–Crippen LogP) is 7.13. The van der Waals surface area contributed by atoms with E-state index in [1.807, 2.05) is 31.2 Å². The average molecular weight is 497 g/mol. The Balaban J connectivity index is 2.18. The average Bonchev–Trinajstić information content (AvgIpc) is 2.81. The molecular formula is C28H34F2N4O2. The van der Waals surface area contributed by atoms with Crippen molar-refractivity contribution in [1.82, 2.24) is 5.32 Å².